The molecule has 1 fully saturated rings. The van der Waals surface area contributed by atoms with Crippen LogP contribution in [0.2, 0.25) is 0 Å². The van der Waals surface area contributed by atoms with Gasteiger partial charge < -0.3 is 19.3 Å². The molecule has 1 aliphatic heterocycles. The van der Waals surface area contributed by atoms with Gasteiger partial charge in [-0.15, -0.1) is 0 Å². The van der Waals surface area contributed by atoms with E-state index in [2.05, 4.69) is 0 Å². The molecule has 0 aliphatic carbocycles. The third kappa shape index (κ3) is 6.27. The molecular weight excluding hydrogens is 435 g/mol. The molecule has 34 heavy (non-hydrogen) atoms. The summed E-state index contributed by atoms with van der Waals surface area (Å²) in [6.07, 6.45) is 0.388. The monoisotopic (exact) mass is 470 g/mol. The fourth-order valence-electron chi connectivity index (χ4n) is 4.05. The molecule has 2 amide bonds. The second-order valence-corrected chi connectivity index (χ2v) is 9.79. The smallest absolute Gasteiger partial charge is 0.410 e. The van der Waals surface area contributed by atoms with Crippen molar-refractivity contribution in [1.29, 1.82) is 0 Å². The lowest BCUT2D eigenvalue weighted by Crippen LogP contribution is -2.49. The van der Waals surface area contributed by atoms with Crippen LogP contribution in [0.15, 0.2) is 48.5 Å². The van der Waals surface area contributed by atoms with Crippen LogP contribution in [-0.2, 0) is 16.0 Å². The Morgan fingerprint density at radius 2 is 1.76 bits per heavy atom. The van der Waals surface area contributed by atoms with E-state index >= 15 is 0 Å². The summed E-state index contributed by atoms with van der Waals surface area (Å²) in [7, 11) is 3.13. The molecule has 0 unspecified atom stereocenters. The summed E-state index contributed by atoms with van der Waals surface area (Å²) in [5.74, 6) is -0.131. The minimum Gasteiger partial charge on any atom is -0.494 e. The van der Waals surface area contributed by atoms with Crippen LogP contribution >= 0.6 is 0 Å². The summed E-state index contributed by atoms with van der Waals surface area (Å²) in [6, 6.07) is 14.5. The Labute approximate surface area is 201 Å². The second-order valence-electron chi connectivity index (χ2n) is 9.79. The first kappa shape index (κ1) is 25.5. The molecule has 0 radical (unpaired) electrons. The maximum Gasteiger partial charge on any atom is 0.410 e. The van der Waals surface area contributed by atoms with Crippen LogP contribution in [-0.4, -0.2) is 60.7 Å². The van der Waals surface area contributed by atoms with Crippen LogP contribution in [0, 0.1) is 5.82 Å². The number of carbonyl (C=O) groups excluding carboxylic acids is 2. The lowest BCUT2D eigenvalue weighted by atomic mass is 9.89. The number of halogens is 1. The highest BCUT2D eigenvalue weighted by Gasteiger charge is 2.34. The number of amides is 2. The molecule has 0 N–H and O–H groups in total. The van der Waals surface area contributed by atoms with E-state index in [0.29, 0.717) is 19.5 Å². The van der Waals surface area contributed by atoms with Crippen LogP contribution in [0.1, 0.15) is 50.7 Å². The Balaban J connectivity index is 1.70. The van der Waals surface area contributed by atoms with Crippen molar-refractivity contribution >= 4 is 12.0 Å². The van der Waals surface area contributed by atoms with E-state index in [1.54, 1.807) is 24.1 Å². The summed E-state index contributed by atoms with van der Waals surface area (Å²) in [6.45, 7) is 6.83. The van der Waals surface area contributed by atoms with Crippen molar-refractivity contribution in [2.45, 2.75) is 57.6 Å². The number of rotatable bonds is 6. The van der Waals surface area contributed by atoms with E-state index in [0.717, 1.165) is 24.0 Å². The van der Waals surface area contributed by atoms with Crippen molar-refractivity contribution in [3.63, 3.8) is 0 Å². The zero-order valence-electron chi connectivity index (χ0n) is 20.7. The van der Waals surface area contributed by atoms with E-state index in [4.69, 9.17) is 9.47 Å². The summed E-state index contributed by atoms with van der Waals surface area (Å²) in [5.41, 5.74) is 1.51. The van der Waals surface area contributed by atoms with E-state index in [1.165, 1.54) is 18.1 Å². The number of nitrogens with zero attached hydrogens (tertiary/aromatic N) is 2. The molecule has 0 saturated carbocycles. The predicted molar refractivity (Wildman–Crippen MR) is 129 cm³/mol. The SMILES string of the molecule is COc1cc(C2CCN(C(=O)[C@@H](Cc3ccccc3)OC(=O)N(C)C(C)(C)C)CC2)ccc1F. The van der Waals surface area contributed by atoms with Crippen LogP contribution in [0.3, 0.4) is 0 Å². The van der Waals surface area contributed by atoms with Gasteiger partial charge in [-0.3, -0.25) is 4.79 Å². The molecule has 1 aliphatic rings. The number of benzene rings is 2. The maximum atomic E-state index is 13.8. The summed E-state index contributed by atoms with van der Waals surface area (Å²) >= 11 is 0. The molecule has 1 atom stereocenters. The van der Waals surface area contributed by atoms with Gasteiger partial charge in [0.05, 0.1) is 7.11 Å². The number of methoxy groups -OCH3 is 1. The maximum absolute atomic E-state index is 13.8. The number of hydrogen-bond acceptors (Lipinski definition) is 4. The molecule has 2 aromatic carbocycles. The van der Waals surface area contributed by atoms with Crippen molar-refractivity contribution in [2.24, 2.45) is 0 Å². The Morgan fingerprint density at radius 3 is 2.35 bits per heavy atom. The quantitative estimate of drug-likeness (QED) is 0.595. The van der Waals surface area contributed by atoms with Gasteiger partial charge in [-0.2, -0.15) is 0 Å². The fourth-order valence-corrected chi connectivity index (χ4v) is 4.05. The van der Waals surface area contributed by atoms with Crippen molar-refractivity contribution in [1.82, 2.24) is 9.80 Å². The van der Waals surface area contributed by atoms with Crippen LogP contribution in [0.25, 0.3) is 0 Å². The third-order valence-electron chi connectivity index (χ3n) is 6.52. The Bertz CT molecular complexity index is 982. The zero-order valence-corrected chi connectivity index (χ0v) is 20.7. The molecule has 1 heterocycles. The minimum absolute atomic E-state index is 0.186. The normalized spacial score (nSPS) is 15.5. The third-order valence-corrected chi connectivity index (χ3v) is 6.52. The highest BCUT2D eigenvalue weighted by molar-refractivity contribution is 5.84. The molecular formula is C27H35FN2O4. The van der Waals surface area contributed by atoms with Gasteiger partial charge >= 0.3 is 6.09 Å². The van der Waals surface area contributed by atoms with Gasteiger partial charge in [0.25, 0.3) is 5.91 Å². The standard InChI is InChI=1S/C27H35FN2O4/c1-27(2,3)29(4)26(32)34-24(17-19-9-7-6-8-10-19)25(31)30-15-13-20(14-16-30)21-11-12-22(28)23(18-21)33-5/h6-12,18,20,24H,13-17H2,1-5H3/t24-/m1/s1. The van der Waals surface area contributed by atoms with Gasteiger partial charge in [0.1, 0.15) is 0 Å². The minimum atomic E-state index is -0.901. The van der Waals surface area contributed by atoms with E-state index in [1.807, 2.05) is 51.1 Å². The molecule has 3 rings (SSSR count). The Kier molecular flexibility index (Phi) is 8.18. The molecule has 1 saturated heterocycles. The largest absolute Gasteiger partial charge is 0.494 e. The van der Waals surface area contributed by atoms with Crippen molar-refractivity contribution in [3.8, 4) is 5.75 Å². The van der Waals surface area contributed by atoms with Gasteiger partial charge in [0.2, 0.25) is 0 Å². The lowest BCUT2D eigenvalue weighted by molar-refractivity contribution is -0.142. The molecule has 7 heteroatoms. The summed E-state index contributed by atoms with van der Waals surface area (Å²) in [4.78, 5) is 29.5. The average molecular weight is 471 g/mol. The molecule has 2 aromatic rings. The summed E-state index contributed by atoms with van der Waals surface area (Å²) < 4.78 is 24.6. The summed E-state index contributed by atoms with van der Waals surface area (Å²) in [5, 5.41) is 0. The first-order valence-corrected chi connectivity index (χ1v) is 11.7. The number of ether oxygens (including phenoxy) is 2. The van der Waals surface area contributed by atoms with Gasteiger partial charge in [-0.1, -0.05) is 36.4 Å². The number of hydrogen-bond donors (Lipinski definition) is 0. The first-order chi connectivity index (χ1) is 16.1. The van der Waals surface area contributed by atoms with E-state index in [9.17, 15) is 14.0 Å². The molecule has 0 bridgehead atoms. The molecule has 0 spiro atoms. The van der Waals surface area contributed by atoms with Crippen LogP contribution in [0.5, 0.6) is 5.75 Å². The molecule has 6 nitrogen and oxygen atoms in total. The van der Waals surface area contributed by atoms with Crippen molar-refractivity contribution in [2.75, 3.05) is 27.2 Å². The van der Waals surface area contributed by atoms with E-state index < -0.39 is 17.7 Å². The highest BCUT2D eigenvalue weighted by atomic mass is 19.1. The van der Waals surface area contributed by atoms with Gasteiger partial charge in [-0.05, 0) is 62.8 Å². The van der Waals surface area contributed by atoms with E-state index in [-0.39, 0.29) is 23.4 Å². The Morgan fingerprint density at radius 1 is 1.12 bits per heavy atom. The molecule has 184 valence electrons. The molecule has 0 aromatic heterocycles. The Hall–Kier alpha value is -3.09. The average Bonchev–Trinajstić information content (AvgIpc) is 2.83. The highest BCUT2D eigenvalue weighted by Crippen LogP contribution is 2.32. The van der Waals surface area contributed by atoms with Gasteiger partial charge in [0, 0.05) is 32.1 Å². The lowest BCUT2D eigenvalue weighted by Gasteiger charge is -2.36. The van der Waals surface area contributed by atoms with Crippen molar-refractivity contribution < 1.29 is 23.5 Å². The zero-order chi connectivity index (χ0) is 24.9. The number of carbonyl (C=O) groups is 2. The van der Waals surface area contributed by atoms with Crippen LogP contribution < -0.4 is 4.74 Å². The first-order valence-electron chi connectivity index (χ1n) is 11.7. The van der Waals surface area contributed by atoms with Crippen LogP contribution in [0.4, 0.5) is 9.18 Å². The van der Waals surface area contributed by atoms with Gasteiger partial charge in [0.15, 0.2) is 17.7 Å². The van der Waals surface area contributed by atoms with Gasteiger partial charge in [-0.25, -0.2) is 9.18 Å². The number of likely N-dealkylation sites (tertiary alicyclic amines) is 1. The fraction of sp³-hybridized carbons (Fsp3) is 0.481. The predicted octanol–water partition coefficient (Wildman–Crippen LogP) is 5.02. The van der Waals surface area contributed by atoms with Crippen molar-refractivity contribution in [3.05, 3.63) is 65.5 Å². The topological polar surface area (TPSA) is 59.1 Å². The second kappa shape index (κ2) is 10.9. The number of piperidine rings is 1.